The number of amides is 1. The van der Waals surface area contributed by atoms with Crippen LogP contribution in [0.15, 0.2) is 71.6 Å². The minimum atomic E-state index is -4.10. The third-order valence-corrected chi connectivity index (χ3v) is 7.17. The zero-order valence-corrected chi connectivity index (χ0v) is 20.7. The normalized spacial score (nSPS) is 11.1. The van der Waals surface area contributed by atoms with E-state index in [1.54, 1.807) is 38.1 Å². The van der Waals surface area contributed by atoms with Crippen molar-refractivity contribution in [2.75, 3.05) is 22.8 Å². The summed E-state index contributed by atoms with van der Waals surface area (Å²) < 4.78 is 32.9. The standard InChI is InChI=1S/C24H22Cl2N2O5S/c1-3-33-24(30)20-14-18(10-13-21(20)26)27-23(29)15-28(22-7-5-4-6-16(22)2)34(31,32)19-11-8-17(25)9-12-19/h4-14H,3,15H2,1-2H3,(H,27,29). The average Bonchev–Trinajstić information content (AvgIpc) is 2.79. The van der Waals surface area contributed by atoms with Gasteiger partial charge in [0.2, 0.25) is 5.91 Å². The molecule has 0 spiro atoms. The van der Waals surface area contributed by atoms with Crippen LogP contribution >= 0.6 is 23.2 Å². The van der Waals surface area contributed by atoms with Gasteiger partial charge in [0.1, 0.15) is 6.54 Å². The predicted octanol–water partition coefficient (Wildman–Crippen LogP) is 5.31. The Morgan fingerprint density at radius 3 is 2.32 bits per heavy atom. The number of carbonyl (C=O) groups is 2. The molecule has 1 amide bonds. The van der Waals surface area contributed by atoms with Crippen LogP contribution in [0.3, 0.4) is 0 Å². The summed E-state index contributed by atoms with van der Waals surface area (Å²) in [5, 5.41) is 3.18. The van der Waals surface area contributed by atoms with E-state index in [2.05, 4.69) is 5.32 Å². The van der Waals surface area contributed by atoms with E-state index in [0.29, 0.717) is 16.3 Å². The first kappa shape index (κ1) is 25.6. The lowest BCUT2D eigenvalue weighted by molar-refractivity contribution is -0.114. The van der Waals surface area contributed by atoms with E-state index in [1.807, 2.05) is 0 Å². The zero-order chi connectivity index (χ0) is 24.9. The SMILES string of the molecule is CCOC(=O)c1cc(NC(=O)CN(c2ccccc2C)S(=O)(=O)c2ccc(Cl)cc2)ccc1Cl. The topological polar surface area (TPSA) is 92.8 Å². The van der Waals surface area contributed by atoms with E-state index >= 15 is 0 Å². The third kappa shape index (κ3) is 5.88. The second-order valence-electron chi connectivity index (χ2n) is 7.22. The number of esters is 1. The second kappa shape index (κ2) is 10.9. The first-order chi connectivity index (χ1) is 16.1. The zero-order valence-electron chi connectivity index (χ0n) is 18.4. The van der Waals surface area contributed by atoms with Crippen molar-refractivity contribution >= 4 is 56.5 Å². The molecule has 0 aliphatic carbocycles. The first-order valence-electron chi connectivity index (χ1n) is 10.2. The summed E-state index contributed by atoms with van der Waals surface area (Å²) in [5.74, 6) is -1.24. The molecule has 0 radical (unpaired) electrons. The van der Waals surface area contributed by atoms with Crippen LogP contribution in [0.25, 0.3) is 0 Å². The van der Waals surface area contributed by atoms with Crippen molar-refractivity contribution in [2.45, 2.75) is 18.7 Å². The Kier molecular flexibility index (Phi) is 8.19. The lowest BCUT2D eigenvalue weighted by Crippen LogP contribution is -2.38. The minimum Gasteiger partial charge on any atom is -0.462 e. The highest BCUT2D eigenvalue weighted by Crippen LogP contribution is 2.28. The van der Waals surface area contributed by atoms with E-state index < -0.39 is 28.4 Å². The van der Waals surface area contributed by atoms with Crippen LogP contribution in [-0.4, -0.2) is 33.4 Å². The lowest BCUT2D eigenvalue weighted by atomic mass is 10.2. The van der Waals surface area contributed by atoms with Crippen molar-refractivity contribution < 1.29 is 22.7 Å². The molecule has 3 aromatic rings. The highest BCUT2D eigenvalue weighted by atomic mass is 35.5. The van der Waals surface area contributed by atoms with Crippen LogP contribution in [-0.2, 0) is 19.6 Å². The molecular weight excluding hydrogens is 499 g/mol. The number of nitrogens with one attached hydrogen (secondary N) is 1. The van der Waals surface area contributed by atoms with Crippen LogP contribution in [0, 0.1) is 6.92 Å². The monoisotopic (exact) mass is 520 g/mol. The van der Waals surface area contributed by atoms with Crippen LogP contribution in [0.2, 0.25) is 10.0 Å². The molecule has 0 bridgehead atoms. The van der Waals surface area contributed by atoms with Gasteiger partial charge >= 0.3 is 5.97 Å². The Hall–Kier alpha value is -3.07. The molecule has 0 fully saturated rings. The largest absolute Gasteiger partial charge is 0.462 e. The van der Waals surface area contributed by atoms with Gasteiger partial charge in [0, 0.05) is 10.7 Å². The van der Waals surface area contributed by atoms with Crippen LogP contribution < -0.4 is 9.62 Å². The van der Waals surface area contributed by atoms with E-state index in [-0.39, 0.29) is 27.8 Å². The number of halogens is 2. The van der Waals surface area contributed by atoms with Crippen LogP contribution in [0.5, 0.6) is 0 Å². The first-order valence-corrected chi connectivity index (χ1v) is 12.4. The summed E-state index contributed by atoms with van der Waals surface area (Å²) in [6.45, 7) is 3.08. The number of anilines is 2. The van der Waals surface area contributed by atoms with Crippen LogP contribution in [0.4, 0.5) is 11.4 Å². The molecule has 10 heteroatoms. The fourth-order valence-electron chi connectivity index (χ4n) is 3.18. The fraction of sp³-hybridized carbons (Fsp3) is 0.167. The smallest absolute Gasteiger partial charge is 0.339 e. The van der Waals surface area contributed by atoms with Crippen molar-refractivity contribution in [1.29, 1.82) is 0 Å². The summed E-state index contributed by atoms with van der Waals surface area (Å²) in [4.78, 5) is 25.0. The van der Waals surface area contributed by atoms with Crippen molar-refractivity contribution in [3.05, 3.63) is 87.9 Å². The molecular formula is C24H22Cl2N2O5S. The molecule has 0 aliphatic rings. The molecule has 0 aromatic heterocycles. The molecule has 0 saturated carbocycles. The Bertz CT molecular complexity index is 1310. The molecule has 7 nitrogen and oxygen atoms in total. The Morgan fingerprint density at radius 1 is 1.00 bits per heavy atom. The highest BCUT2D eigenvalue weighted by Gasteiger charge is 2.28. The van der Waals surface area contributed by atoms with Crippen molar-refractivity contribution in [1.82, 2.24) is 0 Å². The number of ether oxygens (including phenoxy) is 1. The average molecular weight is 521 g/mol. The molecule has 0 atom stereocenters. The Morgan fingerprint density at radius 2 is 1.68 bits per heavy atom. The Balaban J connectivity index is 1.93. The Labute approximate surface area is 208 Å². The van der Waals surface area contributed by atoms with Gasteiger partial charge in [-0.3, -0.25) is 9.10 Å². The van der Waals surface area contributed by atoms with Gasteiger partial charge in [-0.15, -0.1) is 0 Å². The van der Waals surface area contributed by atoms with Crippen molar-refractivity contribution in [3.8, 4) is 0 Å². The number of hydrogen-bond donors (Lipinski definition) is 1. The summed E-state index contributed by atoms with van der Waals surface area (Å²) >= 11 is 12.0. The van der Waals surface area contributed by atoms with Crippen LogP contribution in [0.1, 0.15) is 22.8 Å². The fourth-order valence-corrected chi connectivity index (χ4v) is 4.98. The van der Waals surface area contributed by atoms with E-state index in [0.717, 1.165) is 4.31 Å². The van der Waals surface area contributed by atoms with E-state index in [9.17, 15) is 18.0 Å². The maximum Gasteiger partial charge on any atom is 0.339 e. The van der Waals surface area contributed by atoms with E-state index in [4.69, 9.17) is 27.9 Å². The molecule has 0 heterocycles. The van der Waals surface area contributed by atoms with Gasteiger partial charge in [0.15, 0.2) is 0 Å². The molecule has 3 rings (SSSR count). The molecule has 34 heavy (non-hydrogen) atoms. The van der Waals surface area contributed by atoms with Gasteiger partial charge in [0.25, 0.3) is 10.0 Å². The summed E-state index contributed by atoms with van der Waals surface area (Å²) in [6, 6.07) is 16.9. The van der Waals surface area contributed by atoms with Gasteiger partial charge in [-0.1, -0.05) is 41.4 Å². The maximum absolute atomic E-state index is 13.5. The molecule has 0 saturated heterocycles. The molecule has 0 aliphatic heterocycles. The predicted molar refractivity (Wildman–Crippen MR) is 133 cm³/mol. The number of para-hydroxylation sites is 1. The second-order valence-corrected chi connectivity index (χ2v) is 9.92. The lowest BCUT2D eigenvalue weighted by Gasteiger charge is -2.25. The number of hydrogen-bond acceptors (Lipinski definition) is 5. The number of benzene rings is 3. The molecule has 3 aromatic carbocycles. The summed E-state index contributed by atoms with van der Waals surface area (Å²) in [7, 11) is -4.10. The maximum atomic E-state index is 13.5. The third-order valence-electron chi connectivity index (χ3n) is 4.82. The highest BCUT2D eigenvalue weighted by molar-refractivity contribution is 7.92. The van der Waals surface area contributed by atoms with Gasteiger partial charge < -0.3 is 10.1 Å². The van der Waals surface area contributed by atoms with Crippen molar-refractivity contribution in [2.24, 2.45) is 0 Å². The van der Waals surface area contributed by atoms with Crippen molar-refractivity contribution in [3.63, 3.8) is 0 Å². The summed E-state index contributed by atoms with van der Waals surface area (Å²) in [6.07, 6.45) is 0. The number of aryl methyl sites for hydroxylation is 1. The molecule has 178 valence electrons. The quantitative estimate of drug-likeness (QED) is 0.406. The number of rotatable bonds is 8. The van der Waals surface area contributed by atoms with Gasteiger partial charge in [0.05, 0.1) is 27.8 Å². The van der Waals surface area contributed by atoms with Gasteiger partial charge in [-0.25, -0.2) is 13.2 Å². The minimum absolute atomic E-state index is 0.0101. The summed E-state index contributed by atoms with van der Waals surface area (Å²) in [5.41, 5.74) is 1.39. The number of nitrogens with zero attached hydrogens (tertiary/aromatic N) is 1. The van der Waals surface area contributed by atoms with Gasteiger partial charge in [-0.2, -0.15) is 0 Å². The van der Waals surface area contributed by atoms with Gasteiger partial charge in [-0.05, 0) is 67.9 Å². The number of carbonyl (C=O) groups excluding carboxylic acids is 2. The molecule has 0 unspecified atom stereocenters. The van der Waals surface area contributed by atoms with E-state index in [1.165, 1.54) is 42.5 Å². The molecule has 1 N–H and O–H groups in total. The number of sulfonamides is 1.